The van der Waals surface area contributed by atoms with E-state index in [0.717, 1.165) is 38.1 Å². The molecule has 4 nitrogen and oxygen atoms in total. The van der Waals surface area contributed by atoms with Crippen molar-refractivity contribution in [2.45, 2.75) is 56.3 Å². The molecule has 0 aromatic heterocycles. The van der Waals surface area contributed by atoms with Crippen LogP contribution in [-0.2, 0) is 4.74 Å². The summed E-state index contributed by atoms with van der Waals surface area (Å²) in [5.41, 5.74) is 0. The van der Waals surface area contributed by atoms with Crippen LogP contribution in [0.3, 0.4) is 0 Å². The van der Waals surface area contributed by atoms with Gasteiger partial charge in [0.15, 0.2) is 0 Å². The zero-order valence-corrected chi connectivity index (χ0v) is 15.2. The van der Waals surface area contributed by atoms with Gasteiger partial charge in [-0.3, -0.25) is 4.90 Å². The van der Waals surface area contributed by atoms with Crippen LogP contribution in [0.2, 0.25) is 0 Å². The van der Waals surface area contributed by atoms with Crippen molar-refractivity contribution in [3.63, 3.8) is 0 Å². The van der Waals surface area contributed by atoms with Gasteiger partial charge in [0.2, 0.25) is 0 Å². The van der Waals surface area contributed by atoms with Gasteiger partial charge in [0.05, 0.1) is 18.6 Å². The van der Waals surface area contributed by atoms with Crippen molar-refractivity contribution in [3.8, 4) is 0 Å². The zero-order valence-electron chi connectivity index (χ0n) is 14.4. The highest BCUT2D eigenvalue weighted by Crippen LogP contribution is 2.34. The van der Waals surface area contributed by atoms with Gasteiger partial charge in [-0.1, -0.05) is 13.8 Å². The Hall–Kier alpha value is 0.190. The first-order chi connectivity index (χ1) is 10.6. The number of rotatable bonds is 2. The Morgan fingerprint density at radius 3 is 2.82 bits per heavy atom. The molecule has 3 fully saturated rings. The predicted octanol–water partition coefficient (Wildman–Crippen LogP) is 1.76. The lowest BCUT2D eigenvalue weighted by atomic mass is 9.88. The van der Waals surface area contributed by atoms with E-state index in [2.05, 4.69) is 48.1 Å². The lowest BCUT2D eigenvalue weighted by Crippen LogP contribution is -2.59. The first kappa shape index (κ1) is 17.0. The summed E-state index contributed by atoms with van der Waals surface area (Å²) in [6.45, 7) is 13.5. The Morgan fingerprint density at radius 2 is 2.05 bits per heavy atom. The minimum atomic E-state index is 0.552. The van der Waals surface area contributed by atoms with Crippen LogP contribution >= 0.6 is 11.8 Å². The van der Waals surface area contributed by atoms with Gasteiger partial charge in [-0.25, -0.2) is 0 Å². The highest BCUT2D eigenvalue weighted by molar-refractivity contribution is 8.00. The molecule has 5 heteroatoms. The molecule has 3 rings (SSSR count). The third-order valence-electron chi connectivity index (χ3n) is 5.63. The fourth-order valence-corrected chi connectivity index (χ4v) is 5.97. The Labute approximate surface area is 140 Å². The Kier molecular flexibility index (Phi) is 6.07. The van der Waals surface area contributed by atoms with Crippen molar-refractivity contribution in [1.82, 2.24) is 15.5 Å². The van der Waals surface area contributed by atoms with Crippen molar-refractivity contribution < 1.29 is 4.74 Å². The second kappa shape index (κ2) is 7.84. The fourth-order valence-electron chi connectivity index (χ4n) is 4.32. The van der Waals surface area contributed by atoms with E-state index in [9.17, 15) is 0 Å². The maximum Gasteiger partial charge on any atom is 0.0690 e. The summed E-state index contributed by atoms with van der Waals surface area (Å²) in [5.74, 6) is 1.64. The standard InChI is InChI=1S/C17H33N3OS/c1-12-4-5-18-9-15(8-12)17-14(3)22-16(10-19-17)20-6-7-21-11-13(20)2/h12-19H,4-11H2,1-3H3. The molecule has 0 bridgehead atoms. The first-order valence-corrected chi connectivity index (χ1v) is 10.0. The molecule has 128 valence electrons. The molecule has 0 aliphatic carbocycles. The van der Waals surface area contributed by atoms with E-state index >= 15 is 0 Å². The average Bonchev–Trinajstić information content (AvgIpc) is 2.72. The third-order valence-corrected chi connectivity index (χ3v) is 7.10. The van der Waals surface area contributed by atoms with Gasteiger partial charge in [0.1, 0.15) is 0 Å². The zero-order chi connectivity index (χ0) is 15.5. The fraction of sp³-hybridized carbons (Fsp3) is 1.00. The maximum atomic E-state index is 5.59. The molecule has 6 unspecified atom stereocenters. The first-order valence-electron chi connectivity index (χ1n) is 9.08. The topological polar surface area (TPSA) is 36.5 Å². The van der Waals surface area contributed by atoms with Gasteiger partial charge in [0, 0.05) is 30.4 Å². The molecule has 3 aliphatic rings. The predicted molar refractivity (Wildman–Crippen MR) is 94.4 cm³/mol. The summed E-state index contributed by atoms with van der Waals surface area (Å²) in [6, 6.07) is 1.21. The van der Waals surface area contributed by atoms with Crippen LogP contribution in [0.5, 0.6) is 0 Å². The molecular weight excluding hydrogens is 294 g/mol. The highest BCUT2D eigenvalue weighted by Gasteiger charge is 2.37. The number of thioether (sulfide) groups is 1. The van der Waals surface area contributed by atoms with Gasteiger partial charge >= 0.3 is 0 Å². The van der Waals surface area contributed by atoms with E-state index < -0.39 is 0 Å². The molecular formula is C17H33N3OS. The lowest BCUT2D eigenvalue weighted by Gasteiger charge is -2.46. The molecule has 3 aliphatic heterocycles. The molecule has 22 heavy (non-hydrogen) atoms. The van der Waals surface area contributed by atoms with Crippen molar-refractivity contribution in [2.24, 2.45) is 11.8 Å². The summed E-state index contributed by atoms with van der Waals surface area (Å²) in [5, 5.41) is 8.86. The molecule has 0 amide bonds. The van der Waals surface area contributed by atoms with Crippen molar-refractivity contribution in [2.75, 3.05) is 39.4 Å². The van der Waals surface area contributed by atoms with Crippen molar-refractivity contribution in [1.29, 1.82) is 0 Å². The van der Waals surface area contributed by atoms with E-state index in [1.165, 1.54) is 25.9 Å². The van der Waals surface area contributed by atoms with E-state index in [1.54, 1.807) is 0 Å². The monoisotopic (exact) mass is 327 g/mol. The van der Waals surface area contributed by atoms with Crippen LogP contribution < -0.4 is 10.6 Å². The van der Waals surface area contributed by atoms with Crippen molar-refractivity contribution >= 4 is 11.8 Å². The van der Waals surface area contributed by atoms with Crippen LogP contribution in [0.4, 0.5) is 0 Å². The van der Waals surface area contributed by atoms with Crippen LogP contribution in [0, 0.1) is 11.8 Å². The summed E-state index contributed by atoms with van der Waals surface area (Å²) in [6.07, 6.45) is 2.70. The molecule has 0 saturated carbocycles. The molecule has 0 aromatic carbocycles. The Balaban J connectivity index is 1.57. The smallest absolute Gasteiger partial charge is 0.0690 e. The summed E-state index contributed by atoms with van der Waals surface area (Å²) < 4.78 is 5.59. The third kappa shape index (κ3) is 3.99. The lowest BCUT2D eigenvalue weighted by molar-refractivity contribution is -0.00728. The quantitative estimate of drug-likeness (QED) is 0.808. The van der Waals surface area contributed by atoms with Crippen molar-refractivity contribution in [3.05, 3.63) is 0 Å². The van der Waals surface area contributed by atoms with Gasteiger partial charge < -0.3 is 15.4 Å². The van der Waals surface area contributed by atoms with Crippen LogP contribution in [0.25, 0.3) is 0 Å². The summed E-state index contributed by atoms with van der Waals surface area (Å²) in [4.78, 5) is 2.64. The molecule has 0 radical (unpaired) electrons. The number of ether oxygens (including phenoxy) is 1. The molecule has 2 N–H and O–H groups in total. The minimum Gasteiger partial charge on any atom is -0.379 e. The molecule has 0 aromatic rings. The molecule has 6 atom stereocenters. The number of morpholine rings is 1. The van der Waals surface area contributed by atoms with E-state index in [4.69, 9.17) is 4.74 Å². The van der Waals surface area contributed by atoms with Gasteiger partial charge in [-0.2, -0.15) is 0 Å². The minimum absolute atomic E-state index is 0.552. The second-order valence-corrected chi connectivity index (χ2v) is 9.05. The number of hydrogen-bond donors (Lipinski definition) is 2. The molecule has 3 saturated heterocycles. The Morgan fingerprint density at radius 1 is 1.18 bits per heavy atom. The normalized spacial score (nSPS) is 45.4. The SMILES string of the molecule is CC1CCNCC(C2NCC(N3CCOCC3C)SC2C)C1. The number of nitrogens with zero attached hydrogens (tertiary/aromatic N) is 1. The second-order valence-electron chi connectivity index (χ2n) is 7.49. The highest BCUT2D eigenvalue weighted by atomic mass is 32.2. The average molecular weight is 328 g/mol. The number of hydrogen-bond acceptors (Lipinski definition) is 5. The summed E-state index contributed by atoms with van der Waals surface area (Å²) in [7, 11) is 0. The van der Waals surface area contributed by atoms with Crippen LogP contribution in [-0.4, -0.2) is 67.0 Å². The number of nitrogens with one attached hydrogen (secondary N) is 2. The largest absolute Gasteiger partial charge is 0.379 e. The van der Waals surface area contributed by atoms with Crippen LogP contribution in [0.15, 0.2) is 0 Å². The van der Waals surface area contributed by atoms with Gasteiger partial charge in [-0.15, -0.1) is 11.8 Å². The van der Waals surface area contributed by atoms with Crippen LogP contribution in [0.1, 0.15) is 33.6 Å². The molecule has 0 spiro atoms. The van der Waals surface area contributed by atoms with Gasteiger partial charge in [-0.05, 0) is 44.7 Å². The Bertz CT molecular complexity index is 357. The van der Waals surface area contributed by atoms with E-state index in [1.807, 2.05) is 0 Å². The van der Waals surface area contributed by atoms with E-state index in [-0.39, 0.29) is 0 Å². The molecule has 3 heterocycles. The summed E-state index contributed by atoms with van der Waals surface area (Å²) >= 11 is 2.19. The van der Waals surface area contributed by atoms with E-state index in [0.29, 0.717) is 22.7 Å². The maximum absolute atomic E-state index is 5.59. The van der Waals surface area contributed by atoms with Gasteiger partial charge in [0.25, 0.3) is 0 Å².